The molecule has 2 saturated heterocycles. The fourth-order valence-electron chi connectivity index (χ4n) is 3.71. The summed E-state index contributed by atoms with van der Waals surface area (Å²) in [5, 5.41) is 3.78. The van der Waals surface area contributed by atoms with Crippen molar-refractivity contribution in [2.75, 3.05) is 54.6 Å². The average molecular weight is 418 g/mol. The fraction of sp³-hybridized carbons (Fsp3) is 0.381. The number of ether oxygens (including phenoxy) is 1. The first-order chi connectivity index (χ1) is 13.7. The van der Waals surface area contributed by atoms with E-state index in [2.05, 4.69) is 22.3 Å². The van der Waals surface area contributed by atoms with Crippen LogP contribution in [0.1, 0.15) is 11.6 Å². The molecule has 0 saturated carbocycles. The molecular weight excluding hydrogens is 394 g/mol. The average Bonchev–Trinajstić information content (AvgIpc) is 2.75. The number of thioether (sulfide) groups is 1. The number of anilines is 2. The van der Waals surface area contributed by atoms with E-state index in [-0.39, 0.29) is 12.1 Å². The van der Waals surface area contributed by atoms with Crippen LogP contribution in [0.5, 0.6) is 0 Å². The number of para-hydroxylation sites is 1. The van der Waals surface area contributed by atoms with Gasteiger partial charge in [0.05, 0.1) is 35.7 Å². The van der Waals surface area contributed by atoms with Gasteiger partial charge in [-0.05, 0) is 17.7 Å². The topological polar surface area (TPSA) is 44.8 Å². The SMILES string of the molecule is O=C(Nc1cccc(Cl)c1N1CCOCC1)N1CCSC[C@@H]1c1ccccc1. The molecule has 0 radical (unpaired) electrons. The first kappa shape index (κ1) is 19.4. The van der Waals surface area contributed by atoms with Gasteiger partial charge in [0, 0.05) is 31.1 Å². The predicted octanol–water partition coefficient (Wildman–Crippen LogP) is 4.50. The number of rotatable bonds is 3. The van der Waals surface area contributed by atoms with Crippen LogP contribution in [0.3, 0.4) is 0 Å². The van der Waals surface area contributed by atoms with Crippen molar-refractivity contribution in [1.29, 1.82) is 0 Å². The summed E-state index contributed by atoms with van der Waals surface area (Å²) in [5.41, 5.74) is 2.80. The number of morpholine rings is 1. The van der Waals surface area contributed by atoms with Gasteiger partial charge in [-0.15, -0.1) is 0 Å². The minimum Gasteiger partial charge on any atom is -0.378 e. The molecule has 2 amide bonds. The maximum atomic E-state index is 13.2. The van der Waals surface area contributed by atoms with E-state index < -0.39 is 0 Å². The molecule has 1 N–H and O–H groups in total. The molecule has 2 heterocycles. The number of nitrogens with zero attached hydrogens (tertiary/aromatic N) is 2. The third-order valence-corrected chi connectivity index (χ3v) is 6.46. The van der Waals surface area contributed by atoms with Crippen LogP contribution < -0.4 is 10.2 Å². The first-order valence-electron chi connectivity index (χ1n) is 9.55. The lowest BCUT2D eigenvalue weighted by Gasteiger charge is -2.36. The normalized spacial score (nSPS) is 20.1. The van der Waals surface area contributed by atoms with Crippen LogP contribution in [0.2, 0.25) is 5.02 Å². The molecule has 1 atom stereocenters. The van der Waals surface area contributed by atoms with E-state index >= 15 is 0 Å². The molecule has 5 nitrogen and oxygen atoms in total. The molecule has 2 aliphatic rings. The van der Waals surface area contributed by atoms with E-state index in [4.69, 9.17) is 16.3 Å². The number of amides is 2. The Morgan fingerprint density at radius 2 is 1.86 bits per heavy atom. The Labute approximate surface area is 175 Å². The standard InChI is InChI=1S/C21H24ClN3O2S/c22-17-7-4-8-18(20(17)24-9-12-27-13-10-24)23-21(26)25-11-14-28-15-19(25)16-5-2-1-3-6-16/h1-8,19H,9-15H2,(H,23,26)/t19-/m1/s1. The van der Waals surface area contributed by atoms with Gasteiger partial charge in [-0.3, -0.25) is 0 Å². The molecule has 4 rings (SSSR count). The quantitative estimate of drug-likeness (QED) is 0.798. The largest absolute Gasteiger partial charge is 0.378 e. The van der Waals surface area contributed by atoms with Crippen molar-refractivity contribution in [2.45, 2.75) is 6.04 Å². The summed E-state index contributed by atoms with van der Waals surface area (Å²) in [4.78, 5) is 17.3. The highest BCUT2D eigenvalue weighted by Crippen LogP contribution is 2.36. The van der Waals surface area contributed by atoms with Crippen molar-refractivity contribution in [3.05, 3.63) is 59.1 Å². The number of hydrogen-bond acceptors (Lipinski definition) is 4. The van der Waals surface area contributed by atoms with Crippen LogP contribution in [0.4, 0.5) is 16.2 Å². The number of carbonyl (C=O) groups is 1. The van der Waals surface area contributed by atoms with Gasteiger partial charge in [0.25, 0.3) is 0 Å². The Balaban J connectivity index is 1.56. The molecule has 0 bridgehead atoms. The number of hydrogen-bond donors (Lipinski definition) is 1. The maximum Gasteiger partial charge on any atom is 0.322 e. The van der Waals surface area contributed by atoms with Gasteiger partial charge in [-0.25, -0.2) is 4.79 Å². The number of halogens is 1. The van der Waals surface area contributed by atoms with Crippen molar-refractivity contribution >= 4 is 40.8 Å². The van der Waals surface area contributed by atoms with E-state index in [1.54, 1.807) is 0 Å². The summed E-state index contributed by atoms with van der Waals surface area (Å²) < 4.78 is 5.46. The second-order valence-corrected chi connectivity index (χ2v) is 8.42. The van der Waals surface area contributed by atoms with Crippen LogP contribution >= 0.6 is 23.4 Å². The smallest absolute Gasteiger partial charge is 0.322 e. The molecule has 0 aromatic heterocycles. The Hall–Kier alpha value is -1.89. The Morgan fingerprint density at radius 1 is 1.07 bits per heavy atom. The lowest BCUT2D eigenvalue weighted by molar-refractivity contribution is 0.123. The molecule has 2 aromatic carbocycles. The summed E-state index contributed by atoms with van der Waals surface area (Å²) in [6.07, 6.45) is 0. The van der Waals surface area contributed by atoms with Crippen molar-refractivity contribution in [3.63, 3.8) is 0 Å². The fourth-order valence-corrected chi connectivity index (χ4v) is 5.09. The number of carbonyl (C=O) groups excluding carboxylic acids is 1. The number of urea groups is 1. The molecular formula is C21H24ClN3O2S. The van der Waals surface area contributed by atoms with Gasteiger partial charge in [0.1, 0.15) is 0 Å². The first-order valence-corrected chi connectivity index (χ1v) is 11.1. The van der Waals surface area contributed by atoms with E-state index in [0.717, 1.165) is 42.5 Å². The van der Waals surface area contributed by atoms with Gasteiger partial charge >= 0.3 is 6.03 Å². The minimum absolute atomic E-state index is 0.0750. The van der Waals surface area contributed by atoms with Crippen molar-refractivity contribution < 1.29 is 9.53 Å². The lowest BCUT2D eigenvalue weighted by atomic mass is 10.1. The molecule has 2 aromatic rings. The number of nitrogens with one attached hydrogen (secondary N) is 1. The zero-order valence-electron chi connectivity index (χ0n) is 15.6. The lowest BCUT2D eigenvalue weighted by Crippen LogP contribution is -2.43. The minimum atomic E-state index is -0.0778. The summed E-state index contributed by atoms with van der Waals surface area (Å²) in [5.74, 6) is 1.85. The summed E-state index contributed by atoms with van der Waals surface area (Å²) in [6.45, 7) is 3.58. The number of benzene rings is 2. The highest BCUT2D eigenvalue weighted by Gasteiger charge is 2.29. The summed E-state index contributed by atoms with van der Waals surface area (Å²) in [7, 11) is 0. The highest BCUT2D eigenvalue weighted by molar-refractivity contribution is 7.99. The van der Waals surface area contributed by atoms with Crippen molar-refractivity contribution in [1.82, 2.24) is 4.90 Å². The zero-order valence-corrected chi connectivity index (χ0v) is 17.2. The highest BCUT2D eigenvalue weighted by atomic mass is 35.5. The third kappa shape index (κ3) is 4.24. The Kier molecular flexibility index (Phi) is 6.29. The van der Waals surface area contributed by atoms with E-state index in [1.807, 2.05) is 53.1 Å². The molecule has 7 heteroatoms. The van der Waals surface area contributed by atoms with Gasteiger partial charge < -0.3 is 19.9 Å². The van der Waals surface area contributed by atoms with Crippen molar-refractivity contribution in [3.8, 4) is 0 Å². The van der Waals surface area contributed by atoms with E-state index in [9.17, 15) is 4.79 Å². The molecule has 0 spiro atoms. The van der Waals surface area contributed by atoms with Gasteiger partial charge in [-0.1, -0.05) is 48.0 Å². The maximum absolute atomic E-state index is 13.2. The van der Waals surface area contributed by atoms with E-state index in [1.165, 1.54) is 5.56 Å². The van der Waals surface area contributed by atoms with Crippen LogP contribution in [0.25, 0.3) is 0 Å². The third-order valence-electron chi connectivity index (χ3n) is 5.13. The molecule has 2 aliphatic heterocycles. The van der Waals surface area contributed by atoms with Crippen LogP contribution in [-0.2, 0) is 4.74 Å². The van der Waals surface area contributed by atoms with Gasteiger partial charge in [-0.2, -0.15) is 11.8 Å². The molecule has 148 valence electrons. The Bertz CT molecular complexity index is 815. The van der Waals surface area contributed by atoms with Gasteiger partial charge in [0.15, 0.2) is 0 Å². The zero-order chi connectivity index (χ0) is 19.3. The van der Waals surface area contributed by atoms with Gasteiger partial charge in [0.2, 0.25) is 0 Å². The molecule has 2 fully saturated rings. The second kappa shape index (κ2) is 9.07. The molecule has 28 heavy (non-hydrogen) atoms. The molecule has 0 aliphatic carbocycles. The van der Waals surface area contributed by atoms with Crippen molar-refractivity contribution in [2.24, 2.45) is 0 Å². The van der Waals surface area contributed by atoms with Crippen LogP contribution in [-0.4, -0.2) is 55.3 Å². The summed E-state index contributed by atoms with van der Waals surface area (Å²) >= 11 is 8.39. The monoisotopic (exact) mass is 417 g/mol. The van der Waals surface area contributed by atoms with E-state index in [0.29, 0.717) is 18.2 Å². The Morgan fingerprint density at radius 3 is 2.64 bits per heavy atom. The van der Waals surface area contributed by atoms with Crippen LogP contribution in [0, 0.1) is 0 Å². The van der Waals surface area contributed by atoms with Crippen LogP contribution in [0.15, 0.2) is 48.5 Å². The second-order valence-electron chi connectivity index (χ2n) is 6.86. The summed E-state index contributed by atoms with van der Waals surface area (Å²) in [6, 6.07) is 15.9. The molecule has 0 unspecified atom stereocenters. The predicted molar refractivity (Wildman–Crippen MR) is 117 cm³/mol.